The highest BCUT2D eigenvalue weighted by molar-refractivity contribution is 9.10. The van der Waals surface area contributed by atoms with Gasteiger partial charge in [-0.1, -0.05) is 0 Å². The molecule has 0 amide bonds. The average Bonchev–Trinajstić information content (AvgIpc) is 2.49. The molecule has 1 fully saturated rings. The van der Waals surface area contributed by atoms with E-state index in [4.69, 9.17) is 4.74 Å². The number of hydrogen-bond acceptors (Lipinski definition) is 3. The molecule has 15 heavy (non-hydrogen) atoms. The third-order valence-corrected chi connectivity index (χ3v) is 4.19. The monoisotopic (exact) mass is 289 g/mol. The summed E-state index contributed by atoms with van der Waals surface area (Å²) in [4.78, 5) is 3.88. The average molecular weight is 290 g/mol. The van der Waals surface area contributed by atoms with Crippen LogP contribution in [0.15, 0.2) is 15.9 Å². The van der Waals surface area contributed by atoms with E-state index in [0.29, 0.717) is 0 Å². The zero-order valence-corrected chi connectivity index (χ0v) is 11.5. The van der Waals surface area contributed by atoms with E-state index in [2.05, 4.69) is 46.1 Å². The van der Waals surface area contributed by atoms with Crippen molar-refractivity contribution < 1.29 is 4.74 Å². The Morgan fingerprint density at radius 3 is 3.00 bits per heavy atom. The van der Waals surface area contributed by atoms with Gasteiger partial charge in [0.25, 0.3) is 0 Å². The molecule has 1 saturated heterocycles. The van der Waals surface area contributed by atoms with Crippen LogP contribution in [0.25, 0.3) is 0 Å². The summed E-state index contributed by atoms with van der Waals surface area (Å²) in [6.07, 6.45) is 0. The number of rotatable bonds is 2. The van der Waals surface area contributed by atoms with E-state index in [0.717, 1.165) is 26.2 Å². The third-order valence-electron chi connectivity index (χ3n) is 2.51. The summed E-state index contributed by atoms with van der Waals surface area (Å²) in [7, 11) is 0. The Morgan fingerprint density at radius 1 is 1.60 bits per heavy atom. The van der Waals surface area contributed by atoms with Gasteiger partial charge in [-0.2, -0.15) is 0 Å². The predicted molar refractivity (Wildman–Crippen MR) is 67.3 cm³/mol. The number of ether oxygens (including phenoxy) is 1. The Kier molecular flexibility index (Phi) is 3.50. The lowest BCUT2D eigenvalue weighted by Gasteiger charge is -2.37. The summed E-state index contributed by atoms with van der Waals surface area (Å²) in [6, 6.07) is 2.20. The van der Waals surface area contributed by atoms with Crippen LogP contribution in [0.2, 0.25) is 0 Å². The minimum Gasteiger partial charge on any atom is -0.373 e. The molecule has 2 heterocycles. The second kappa shape index (κ2) is 4.53. The van der Waals surface area contributed by atoms with E-state index >= 15 is 0 Å². The van der Waals surface area contributed by atoms with Crippen molar-refractivity contribution in [2.24, 2.45) is 0 Å². The predicted octanol–water partition coefficient (Wildman–Crippen LogP) is 3.12. The molecule has 84 valence electrons. The van der Waals surface area contributed by atoms with Crippen LogP contribution in [0, 0.1) is 0 Å². The van der Waals surface area contributed by atoms with Crippen LogP contribution in [-0.2, 0) is 11.3 Å². The van der Waals surface area contributed by atoms with Crippen LogP contribution in [0.4, 0.5) is 0 Å². The third kappa shape index (κ3) is 3.28. The lowest BCUT2D eigenvalue weighted by atomic mass is 10.1. The summed E-state index contributed by atoms with van der Waals surface area (Å²) < 4.78 is 6.88. The molecule has 0 saturated carbocycles. The maximum atomic E-state index is 5.69. The smallest absolute Gasteiger partial charge is 0.0753 e. The minimum atomic E-state index is 0.00669. The van der Waals surface area contributed by atoms with Crippen LogP contribution in [-0.4, -0.2) is 30.2 Å². The quantitative estimate of drug-likeness (QED) is 0.830. The van der Waals surface area contributed by atoms with Crippen molar-refractivity contribution >= 4 is 27.3 Å². The number of halogens is 1. The fraction of sp³-hybridized carbons (Fsp3) is 0.636. The minimum absolute atomic E-state index is 0.00669. The second-order valence-electron chi connectivity index (χ2n) is 4.55. The van der Waals surface area contributed by atoms with E-state index < -0.39 is 0 Å². The van der Waals surface area contributed by atoms with Crippen LogP contribution in [0.1, 0.15) is 18.7 Å². The normalized spacial score (nSPS) is 21.8. The van der Waals surface area contributed by atoms with E-state index in [-0.39, 0.29) is 5.60 Å². The molecule has 1 aromatic rings. The van der Waals surface area contributed by atoms with Gasteiger partial charge in [-0.3, -0.25) is 4.90 Å². The lowest BCUT2D eigenvalue weighted by Crippen LogP contribution is -2.47. The SMILES string of the molecule is CC1(C)CN(Cc2cc(Br)cs2)CCO1. The van der Waals surface area contributed by atoms with Gasteiger partial charge in [-0.05, 0) is 35.8 Å². The largest absolute Gasteiger partial charge is 0.373 e. The van der Waals surface area contributed by atoms with Gasteiger partial charge in [-0.15, -0.1) is 11.3 Å². The first-order valence-electron chi connectivity index (χ1n) is 5.14. The first-order chi connectivity index (χ1) is 7.05. The zero-order chi connectivity index (χ0) is 10.9. The summed E-state index contributed by atoms with van der Waals surface area (Å²) >= 11 is 5.30. The van der Waals surface area contributed by atoms with Crippen molar-refractivity contribution in [3.05, 3.63) is 20.8 Å². The van der Waals surface area contributed by atoms with Gasteiger partial charge in [0.1, 0.15) is 0 Å². The molecule has 0 N–H and O–H groups in total. The van der Waals surface area contributed by atoms with Crippen molar-refractivity contribution in [2.45, 2.75) is 26.0 Å². The summed E-state index contributed by atoms with van der Waals surface area (Å²) in [6.45, 7) is 8.26. The van der Waals surface area contributed by atoms with Gasteiger partial charge in [0.05, 0.1) is 12.2 Å². The molecule has 1 aliphatic heterocycles. The van der Waals surface area contributed by atoms with Crippen molar-refractivity contribution in [3.8, 4) is 0 Å². The van der Waals surface area contributed by atoms with E-state index in [1.807, 2.05) is 11.3 Å². The molecule has 0 radical (unpaired) electrons. The highest BCUT2D eigenvalue weighted by Gasteiger charge is 2.27. The number of morpholine rings is 1. The van der Waals surface area contributed by atoms with Gasteiger partial charge >= 0.3 is 0 Å². The summed E-state index contributed by atoms with van der Waals surface area (Å²) in [5, 5.41) is 2.14. The fourth-order valence-electron chi connectivity index (χ4n) is 1.91. The Balaban J connectivity index is 1.95. The Labute approximate surface area is 103 Å². The number of nitrogens with zero attached hydrogens (tertiary/aromatic N) is 1. The van der Waals surface area contributed by atoms with Gasteiger partial charge in [0.15, 0.2) is 0 Å². The van der Waals surface area contributed by atoms with E-state index in [1.54, 1.807) is 0 Å². The van der Waals surface area contributed by atoms with Crippen molar-refractivity contribution in [2.75, 3.05) is 19.7 Å². The van der Waals surface area contributed by atoms with E-state index in [1.165, 1.54) is 9.35 Å². The molecule has 0 atom stereocenters. The Bertz CT molecular complexity index is 337. The molecule has 4 heteroatoms. The molecule has 2 nitrogen and oxygen atoms in total. The second-order valence-corrected chi connectivity index (χ2v) is 6.46. The fourth-order valence-corrected chi connectivity index (χ4v) is 3.40. The molecule has 1 aromatic heterocycles. The van der Waals surface area contributed by atoms with Crippen LogP contribution in [0.5, 0.6) is 0 Å². The maximum absolute atomic E-state index is 5.69. The molecule has 0 bridgehead atoms. The first-order valence-corrected chi connectivity index (χ1v) is 6.82. The highest BCUT2D eigenvalue weighted by Crippen LogP contribution is 2.23. The van der Waals surface area contributed by atoms with Gasteiger partial charge in [-0.25, -0.2) is 0 Å². The molecule has 0 unspecified atom stereocenters. The zero-order valence-electron chi connectivity index (χ0n) is 9.12. The molecule has 1 aliphatic rings. The van der Waals surface area contributed by atoms with E-state index in [9.17, 15) is 0 Å². The molecular weight excluding hydrogens is 274 g/mol. The van der Waals surface area contributed by atoms with Crippen molar-refractivity contribution in [1.82, 2.24) is 4.90 Å². The van der Waals surface area contributed by atoms with Crippen LogP contribution >= 0.6 is 27.3 Å². The number of hydrogen-bond donors (Lipinski definition) is 0. The summed E-state index contributed by atoms with van der Waals surface area (Å²) in [5.41, 5.74) is 0.00669. The van der Waals surface area contributed by atoms with Gasteiger partial charge in [0, 0.05) is 34.4 Å². The molecule has 0 spiro atoms. The molecule has 0 aliphatic carbocycles. The van der Waals surface area contributed by atoms with Crippen LogP contribution < -0.4 is 0 Å². The Hall–Kier alpha value is 0.1000. The maximum Gasteiger partial charge on any atom is 0.0753 e. The highest BCUT2D eigenvalue weighted by atomic mass is 79.9. The van der Waals surface area contributed by atoms with Crippen molar-refractivity contribution in [1.29, 1.82) is 0 Å². The first kappa shape index (κ1) is 11.6. The van der Waals surface area contributed by atoms with Gasteiger partial charge in [0.2, 0.25) is 0 Å². The van der Waals surface area contributed by atoms with Gasteiger partial charge < -0.3 is 4.74 Å². The van der Waals surface area contributed by atoms with Crippen LogP contribution in [0.3, 0.4) is 0 Å². The van der Waals surface area contributed by atoms with Crippen molar-refractivity contribution in [3.63, 3.8) is 0 Å². The Morgan fingerprint density at radius 2 is 2.40 bits per heavy atom. The summed E-state index contributed by atoms with van der Waals surface area (Å²) in [5.74, 6) is 0. The molecule has 2 rings (SSSR count). The topological polar surface area (TPSA) is 12.5 Å². The standard InChI is InChI=1S/C11H16BrNOS/c1-11(2)8-13(3-4-14-11)6-10-5-9(12)7-15-10/h5,7H,3-4,6,8H2,1-2H3. The lowest BCUT2D eigenvalue weighted by molar-refractivity contribution is -0.0880. The molecule has 0 aromatic carbocycles. The number of thiophene rings is 1. The molecular formula is C11H16BrNOS.